The third-order valence-electron chi connectivity index (χ3n) is 2.83. The van der Waals surface area contributed by atoms with Gasteiger partial charge in [-0.2, -0.15) is 0 Å². The molecule has 0 aromatic carbocycles. The smallest absolute Gasteiger partial charge is 0.291 e. The summed E-state index contributed by atoms with van der Waals surface area (Å²) in [5, 5.41) is 9.47. The van der Waals surface area contributed by atoms with Gasteiger partial charge in [-0.25, -0.2) is 4.98 Å². The highest BCUT2D eigenvalue weighted by molar-refractivity contribution is 5.90. The molecular formula is C12H13N5O. The third-order valence-corrected chi connectivity index (χ3v) is 2.83. The molecule has 92 valence electrons. The van der Waals surface area contributed by atoms with Crippen LogP contribution in [0, 0.1) is 0 Å². The van der Waals surface area contributed by atoms with Gasteiger partial charge in [0.25, 0.3) is 5.91 Å². The lowest BCUT2D eigenvalue weighted by Crippen LogP contribution is -2.24. The average Bonchev–Trinajstić information content (AvgIpc) is 3.15. The number of carbonyl (C=O) groups excluding carboxylic acids is 1. The van der Waals surface area contributed by atoms with Crippen molar-refractivity contribution in [3.8, 4) is 0 Å². The standard InChI is InChI=1S/C12H13N5O/c18-12(14-7-9-3-1-2-6-13-9)11-15-10(16-17-11)8-4-5-8/h1-3,6,8H,4-5,7H2,(H,14,18)(H,15,16,17). The molecule has 2 aromatic heterocycles. The molecule has 0 saturated heterocycles. The summed E-state index contributed by atoms with van der Waals surface area (Å²) >= 11 is 0. The van der Waals surface area contributed by atoms with Gasteiger partial charge >= 0.3 is 0 Å². The molecule has 18 heavy (non-hydrogen) atoms. The van der Waals surface area contributed by atoms with E-state index in [1.807, 2.05) is 18.2 Å². The van der Waals surface area contributed by atoms with Crippen molar-refractivity contribution in [3.05, 3.63) is 41.7 Å². The average molecular weight is 243 g/mol. The summed E-state index contributed by atoms with van der Waals surface area (Å²) in [7, 11) is 0. The molecule has 6 heteroatoms. The van der Waals surface area contributed by atoms with Crippen molar-refractivity contribution in [2.75, 3.05) is 0 Å². The van der Waals surface area contributed by atoms with E-state index in [0.29, 0.717) is 12.5 Å². The van der Waals surface area contributed by atoms with Gasteiger partial charge in [0, 0.05) is 12.1 Å². The number of carbonyl (C=O) groups is 1. The Morgan fingerprint density at radius 1 is 1.44 bits per heavy atom. The Labute approximate surface area is 104 Å². The second kappa shape index (κ2) is 4.56. The van der Waals surface area contributed by atoms with Crippen LogP contribution in [-0.2, 0) is 6.54 Å². The van der Waals surface area contributed by atoms with Gasteiger partial charge in [-0.15, -0.1) is 5.10 Å². The van der Waals surface area contributed by atoms with Gasteiger partial charge in [0.1, 0.15) is 5.82 Å². The van der Waals surface area contributed by atoms with E-state index in [1.165, 1.54) is 0 Å². The minimum atomic E-state index is -0.274. The van der Waals surface area contributed by atoms with Gasteiger partial charge in [-0.3, -0.25) is 14.9 Å². The first-order valence-corrected chi connectivity index (χ1v) is 5.93. The van der Waals surface area contributed by atoms with Gasteiger partial charge in [0.2, 0.25) is 5.82 Å². The van der Waals surface area contributed by atoms with Crippen LogP contribution in [0.3, 0.4) is 0 Å². The van der Waals surface area contributed by atoms with E-state index in [9.17, 15) is 4.79 Å². The Kier molecular flexibility index (Phi) is 2.76. The topological polar surface area (TPSA) is 83.6 Å². The fourth-order valence-electron chi connectivity index (χ4n) is 1.67. The van der Waals surface area contributed by atoms with Gasteiger partial charge < -0.3 is 5.32 Å². The van der Waals surface area contributed by atoms with Crippen molar-refractivity contribution >= 4 is 5.91 Å². The molecule has 6 nitrogen and oxygen atoms in total. The van der Waals surface area contributed by atoms with Crippen LogP contribution in [0.4, 0.5) is 0 Å². The molecular weight excluding hydrogens is 230 g/mol. The van der Waals surface area contributed by atoms with E-state index in [0.717, 1.165) is 24.4 Å². The summed E-state index contributed by atoms with van der Waals surface area (Å²) in [5.74, 6) is 1.21. The highest BCUT2D eigenvalue weighted by Gasteiger charge is 2.28. The SMILES string of the molecule is O=C(NCc1ccccn1)c1n[nH]c(C2CC2)n1. The Morgan fingerprint density at radius 3 is 3.06 bits per heavy atom. The highest BCUT2D eigenvalue weighted by atomic mass is 16.2. The van der Waals surface area contributed by atoms with Crippen molar-refractivity contribution < 1.29 is 4.79 Å². The molecule has 2 N–H and O–H groups in total. The Hall–Kier alpha value is -2.24. The predicted octanol–water partition coefficient (Wildman–Crippen LogP) is 1.01. The number of nitrogens with zero attached hydrogens (tertiary/aromatic N) is 3. The normalized spacial score (nSPS) is 14.4. The maximum Gasteiger partial charge on any atom is 0.291 e. The Balaban J connectivity index is 1.60. The zero-order chi connectivity index (χ0) is 12.4. The molecule has 1 saturated carbocycles. The van der Waals surface area contributed by atoms with Crippen LogP contribution in [-0.4, -0.2) is 26.1 Å². The van der Waals surface area contributed by atoms with Gasteiger partial charge in [0.15, 0.2) is 0 Å². The number of hydrogen-bond acceptors (Lipinski definition) is 4. The summed E-state index contributed by atoms with van der Waals surface area (Å²) in [6.07, 6.45) is 3.95. The van der Waals surface area contributed by atoms with E-state index < -0.39 is 0 Å². The van der Waals surface area contributed by atoms with Gasteiger partial charge in [-0.05, 0) is 25.0 Å². The molecule has 0 radical (unpaired) electrons. The number of aromatic amines is 1. The molecule has 0 bridgehead atoms. The molecule has 0 spiro atoms. The summed E-state index contributed by atoms with van der Waals surface area (Å²) in [5.41, 5.74) is 0.809. The number of hydrogen-bond donors (Lipinski definition) is 2. The van der Waals surface area contributed by atoms with Crippen molar-refractivity contribution in [1.29, 1.82) is 0 Å². The Bertz CT molecular complexity index is 547. The summed E-state index contributed by atoms with van der Waals surface area (Å²) in [6, 6.07) is 5.57. The largest absolute Gasteiger partial charge is 0.344 e. The van der Waals surface area contributed by atoms with Crippen LogP contribution in [0.2, 0.25) is 0 Å². The fourth-order valence-corrected chi connectivity index (χ4v) is 1.67. The van der Waals surface area contributed by atoms with E-state index in [-0.39, 0.29) is 11.7 Å². The van der Waals surface area contributed by atoms with Gasteiger partial charge in [0.05, 0.1) is 12.2 Å². The summed E-state index contributed by atoms with van der Waals surface area (Å²) in [4.78, 5) is 20.1. The fraction of sp³-hybridized carbons (Fsp3) is 0.333. The molecule has 1 fully saturated rings. The van der Waals surface area contributed by atoms with Crippen LogP contribution >= 0.6 is 0 Å². The van der Waals surface area contributed by atoms with Crippen LogP contribution in [0.25, 0.3) is 0 Å². The molecule has 1 aliphatic rings. The first-order valence-electron chi connectivity index (χ1n) is 5.93. The molecule has 0 aliphatic heterocycles. The monoisotopic (exact) mass is 243 g/mol. The molecule has 0 atom stereocenters. The van der Waals surface area contributed by atoms with Crippen LogP contribution < -0.4 is 5.32 Å². The molecule has 2 heterocycles. The first-order chi connectivity index (χ1) is 8.83. The lowest BCUT2D eigenvalue weighted by atomic mass is 10.3. The van der Waals surface area contributed by atoms with Crippen molar-refractivity contribution in [2.24, 2.45) is 0 Å². The van der Waals surface area contributed by atoms with E-state index in [2.05, 4.69) is 25.5 Å². The van der Waals surface area contributed by atoms with E-state index in [1.54, 1.807) is 6.20 Å². The van der Waals surface area contributed by atoms with Crippen molar-refractivity contribution in [3.63, 3.8) is 0 Å². The second-order valence-electron chi connectivity index (χ2n) is 4.32. The molecule has 1 amide bonds. The van der Waals surface area contributed by atoms with E-state index >= 15 is 0 Å². The summed E-state index contributed by atoms with van der Waals surface area (Å²) < 4.78 is 0. The quantitative estimate of drug-likeness (QED) is 0.839. The van der Waals surface area contributed by atoms with Crippen LogP contribution in [0.1, 0.15) is 40.9 Å². The number of nitrogens with one attached hydrogen (secondary N) is 2. The number of aromatic nitrogens is 4. The molecule has 0 unspecified atom stereocenters. The maximum atomic E-state index is 11.8. The molecule has 3 rings (SSSR count). The zero-order valence-electron chi connectivity index (χ0n) is 9.76. The Morgan fingerprint density at radius 2 is 2.33 bits per heavy atom. The maximum absolute atomic E-state index is 11.8. The van der Waals surface area contributed by atoms with Crippen LogP contribution in [0.15, 0.2) is 24.4 Å². The molecule has 1 aliphatic carbocycles. The summed E-state index contributed by atoms with van der Waals surface area (Å²) in [6.45, 7) is 0.382. The highest BCUT2D eigenvalue weighted by Crippen LogP contribution is 2.37. The van der Waals surface area contributed by atoms with Crippen LogP contribution in [0.5, 0.6) is 0 Å². The predicted molar refractivity (Wildman–Crippen MR) is 63.8 cm³/mol. The number of H-pyrrole nitrogens is 1. The first kappa shape index (κ1) is 10.9. The second-order valence-corrected chi connectivity index (χ2v) is 4.32. The van der Waals surface area contributed by atoms with Crippen molar-refractivity contribution in [1.82, 2.24) is 25.5 Å². The van der Waals surface area contributed by atoms with E-state index in [4.69, 9.17) is 0 Å². The number of rotatable bonds is 4. The lowest BCUT2D eigenvalue weighted by Gasteiger charge is -2.00. The van der Waals surface area contributed by atoms with Gasteiger partial charge in [-0.1, -0.05) is 6.07 Å². The lowest BCUT2D eigenvalue weighted by molar-refractivity contribution is 0.0940. The third kappa shape index (κ3) is 2.37. The number of pyridine rings is 1. The van der Waals surface area contributed by atoms with Crippen molar-refractivity contribution in [2.45, 2.75) is 25.3 Å². The minimum absolute atomic E-state index is 0.202. The number of amides is 1. The minimum Gasteiger partial charge on any atom is -0.344 e. The zero-order valence-corrected chi connectivity index (χ0v) is 9.76. The molecule has 2 aromatic rings.